The molecule has 1 fully saturated rings. The van der Waals surface area contributed by atoms with Gasteiger partial charge in [-0.05, 0) is 51.7 Å². The molecule has 0 aliphatic carbocycles. The summed E-state index contributed by atoms with van der Waals surface area (Å²) in [5.41, 5.74) is 7.71. The largest absolute Gasteiger partial charge is 0.366 e. The van der Waals surface area contributed by atoms with E-state index in [1.807, 2.05) is 19.1 Å². The third kappa shape index (κ3) is 2.92. The summed E-state index contributed by atoms with van der Waals surface area (Å²) in [7, 11) is 0. The molecular weight excluding hydrogens is 239 g/mol. The number of hydrogen-bond donors (Lipinski definition) is 1. The third-order valence-corrected chi connectivity index (χ3v) is 4.16. The molecule has 0 saturated carbocycles. The van der Waals surface area contributed by atoms with E-state index in [9.17, 15) is 4.39 Å². The Balaban J connectivity index is 2.40. The Morgan fingerprint density at radius 1 is 1.42 bits per heavy atom. The van der Waals surface area contributed by atoms with Crippen molar-refractivity contribution in [3.05, 3.63) is 29.6 Å². The SMILES string of the molecule is CCC1CCC(C)N1c1cccc(F)c1CC(C)N. The maximum absolute atomic E-state index is 14.1. The van der Waals surface area contributed by atoms with Crippen LogP contribution in [0.4, 0.5) is 10.1 Å². The zero-order chi connectivity index (χ0) is 14.0. The summed E-state index contributed by atoms with van der Waals surface area (Å²) in [6.07, 6.45) is 4.10. The molecule has 1 heterocycles. The molecule has 1 aliphatic rings. The zero-order valence-electron chi connectivity index (χ0n) is 12.2. The Morgan fingerprint density at radius 2 is 2.16 bits per heavy atom. The minimum absolute atomic E-state index is 0.0198. The van der Waals surface area contributed by atoms with E-state index >= 15 is 0 Å². The molecular formula is C16H25FN2. The lowest BCUT2D eigenvalue weighted by Gasteiger charge is -2.32. The molecule has 1 aromatic carbocycles. The van der Waals surface area contributed by atoms with E-state index in [0.29, 0.717) is 18.5 Å². The van der Waals surface area contributed by atoms with Crippen molar-refractivity contribution in [2.45, 2.75) is 64.6 Å². The van der Waals surface area contributed by atoms with Gasteiger partial charge in [0.2, 0.25) is 0 Å². The van der Waals surface area contributed by atoms with Crippen molar-refractivity contribution in [1.82, 2.24) is 0 Å². The van der Waals surface area contributed by atoms with Crippen LogP contribution in [-0.2, 0) is 6.42 Å². The first-order valence-corrected chi connectivity index (χ1v) is 7.35. The Hall–Kier alpha value is -1.09. The second-order valence-electron chi connectivity index (χ2n) is 5.81. The fraction of sp³-hybridized carbons (Fsp3) is 0.625. The third-order valence-electron chi connectivity index (χ3n) is 4.16. The molecule has 0 amide bonds. The van der Waals surface area contributed by atoms with Gasteiger partial charge in [0.05, 0.1) is 0 Å². The second kappa shape index (κ2) is 5.91. The topological polar surface area (TPSA) is 29.3 Å². The van der Waals surface area contributed by atoms with Gasteiger partial charge in [-0.3, -0.25) is 0 Å². The van der Waals surface area contributed by atoms with Gasteiger partial charge in [0.1, 0.15) is 5.82 Å². The molecule has 19 heavy (non-hydrogen) atoms. The molecule has 0 aromatic heterocycles. The van der Waals surface area contributed by atoms with Gasteiger partial charge in [0, 0.05) is 29.4 Å². The molecule has 1 aromatic rings. The quantitative estimate of drug-likeness (QED) is 0.902. The maximum Gasteiger partial charge on any atom is 0.128 e. The smallest absolute Gasteiger partial charge is 0.128 e. The van der Waals surface area contributed by atoms with Crippen LogP contribution < -0.4 is 10.6 Å². The molecule has 2 rings (SSSR count). The second-order valence-corrected chi connectivity index (χ2v) is 5.81. The van der Waals surface area contributed by atoms with E-state index in [2.05, 4.69) is 18.7 Å². The Kier molecular flexibility index (Phi) is 4.46. The van der Waals surface area contributed by atoms with E-state index < -0.39 is 0 Å². The van der Waals surface area contributed by atoms with Crippen molar-refractivity contribution in [2.24, 2.45) is 5.73 Å². The summed E-state index contributed by atoms with van der Waals surface area (Å²) in [5, 5.41) is 0. The van der Waals surface area contributed by atoms with Crippen molar-refractivity contribution in [1.29, 1.82) is 0 Å². The van der Waals surface area contributed by atoms with Gasteiger partial charge in [0.25, 0.3) is 0 Å². The predicted octanol–water partition coefficient (Wildman–Crippen LogP) is 3.48. The van der Waals surface area contributed by atoms with Gasteiger partial charge in [-0.2, -0.15) is 0 Å². The van der Waals surface area contributed by atoms with E-state index in [-0.39, 0.29) is 11.9 Å². The standard InChI is InChI=1S/C16H25FN2/c1-4-13-9-8-12(3)19(13)16-7-5-6-15(17)14(16)10-11(2)18/h5-7,11-13H,4,8-10,18H2,1-3H3. The summed E-state index contributed by atoms with van der Waals surface area (Å²) in [6.45, 7) is 6.37. The fourth-order valence-electron chi connectivity index (χ4n) is 3.22. The summed E-state index contributed by atoms with van der Waals surface area (Å²) in [6, 6.07) is 6.40. The highest BCUT2D eigenvalue weighted by molar-refractivity contribution is 5.57. The van der Waals surface area contributed by atoms with Gasteiger partial charge >= 0.3 is 0 Å². The van der Waals surface area contributed by atoms with Crippen LogP contribution in [0.1, 0.15) is 45.6 Å². The van der Waals surface area contributed by atoms with Crippen LogP contribution in [0.25, 0.3) is 0 Å². The lowest BCUT2D eigenvalue weighted by molar-refractivity contribution is 0.582. The van der Waals surface area contributed by atoms with Gasteiger partial charge in [0.15, 0.2) is 0 Å². The van der Waals surface area contributed by atoms with Crippen molar-refractivity contribution >= 4 is 5.69 Å². The fourth-order valence-corrected chi connectivity index (χ4v) is 3.22. The molecule has 2 N–H and O–H groups in total. The average molecular weight is 264 g/mol. The van der Waals surface area contributed by atoms with Crippen LogP contribution in [0, 0.1) is 5.82 Å². The van der Waals surface area contributed by atoms with Gasteiger partial charge in [-0.25, -0.2) is 4.39 Å². The molecule has 0 bridgehead atoms. The number of rotatable bonds is 4. The van der Waals surface area contributed by atoms with E-state index in [0.717, 1.165) is 17.7 Å². The number of nitrogens with zero attached hydrogens (tertiary/aromatic N) is 1. The number of nitrogens with two attached hydrogens (primary N) is 1. The van der Waals surface area contributed by atoms with Crippen LogP contribution in [0.15, 0.2) is 18.2 Å². The normalized spacial score (nSPS) is 24.8. The number of anilines is 1. The van der Waals surface area contributed by atoms with Gasteiger partial charge in [-0.15, -0.1) is 0 Å². The summed E-state index contributed by atoms with van der Waals surface area (Å²) in [5.74, 6) is -0.122. The number of halogens is 1. The Labute approximate surface area is 115 Å². The first-order valence-electron chi connectivity index (χ1n) is 7.35. The molecule has 0 spiro atoms. The lowest BCUT2D eigenvalue weighted by atomic mass is 10.0. The van der Waals surface area contributed by atoms with Crippen molar-refractivity contribution < 1.29 is 4.39 Å². The highest BCUT2D eigenvalue weighted by Gasteiger charge is 2.31. The molecule has 0 radical (unpaired) electrons. The number of benzene rings is 1. The average Bonchev–Trinajstić information content (AvgIpc) is 2.72. The minimum Gasteiger partial charge on any atom is -0.366 e. The van der Waals surface area contributed by atoms with Crippen molar-refractivity contribution in [3.63, 3.8) is 0 Å². The van der Waals surface area contributed by atoms with Crippen molar-refractivity contribution in [2.75, 3.05) is 4.90 Å². The van der Waals surface area contributed by atoms with Crippen LogP contribution in [0.2, 0.25) is 0 Å². The lowest BCUT2D eigenvalue weighted by Crippen LogP contribution is -2.35. The Bertz CT molecular complexity index is 431. The molecule has 3 unspecified atom stereocenters. The van der Waals surface area contributed by atoms with Crippen LogP contribution in [-0.4, -0.2) is 18.1 Å². The predicted molar refractivity (Wildman–Crippen MR) is 79.0 cm³/mol. The van der Waals surface area contributed by atoms with Crippen molar-refractivity contribution in [3.8, 4) is 0 Å². The van der Waals surface area contributed by atoms with Crippen LogP contribution in [0.5, 0.6) is 0 Å². The molecule has 106 valence electrons. The first-order chi connectivity index (χ1) is 9.04. The van der Waals surface area contributed by atoms with Crippen LogP contribution >= 0.6 is 0 Å². The highest BCUT2D eigenvalue weighted by atomic mass is 19.1. The summed E-state index contributed by atoms with van der Waals surface area (Å²) < 4.78 is 14.1. The van der Waals surface area contributed by atoms with E-state index in [1.165, 1.54) is 12.8 Å². The van der Waals surface area contributed by atoms with Gasteiger partial charge in [-0.1, -0.05) is 13.0 Å². The minimum atomic E-state index is -0.122. The molecule has 3 heteroatoms. The monoisotopic (exact) mass is 264 g/mol. The Morgan fingerprint density at radius 3 is 2.79 bits per heavy atom. The molecule has 1 saturated heterocycles. The molecule has 2 nitrogen and oxygen atoms in total. The summed E-state index contributed by atoms with van der Waals surface area (Å²) >= 11 is 0. The first kappa shape index (κ1) is 14.3. The van der Waals surface area contributed by atoms with Crippen LogP contribution in [0.3, 0.4) is 0 Å². The maximum atomic E-state index is 14.1. The zero-order valence-corrected chi connectivity index (χ0v) is 12.2. The van der Waals surface area contributed by atoms with E-state index in [4.69, 9.17) is 5.73 Å². The molecule has 1 aliphatic heterocycles. The number of hydrogen-bond acceptors (Lipinski definition) is 2. The highest BCUT2D eigenvalue weighted by Crippen LogP contribution is 2.35. The molecule has 3 atom stereocenters. The van der Waals surface area contributed by atoms with Gasteiger partial charge < -0.3 is 10.6 Å². The van der Waals surface area contributed by atoms with E-state index in [1.54, 1.807) is 6.07 Å². The summed E-state index contributed by atoms with van der Waals surface area (Å²) in [4.78, 5) is 2.40.